The van der Waals surface area contributed by atoms with E-state index in [1.165, 1.54) is 12.1 Å². The fraction of sp³-hybridized carbons (Fsp3) is 0.185. The molecule has 0 aliphatic rings. The molecule has 4 aromatic rings. The summed E-state index contributed by atoms with van der Waals surface area (Å²) in [6, 6.07) is 18.6. The zero-order chi connectivity index (χ0) is 24.9. The minimum atomic E-state index is -1.23. The maximum atomic E-state index is 14.2. The number of aromatic amines is 1. The van der Waals surface area contributed by atoms with Crippen molar-refractivity contribution in [2.45, 2.75) is 25.3 Å². The van der Waals surface area contributed by atoms with Crippen LogP contribution in [0.1, 0.15) is 17.5 Å². The lowest BCUT2D eigenvalue weighted by molar-refractivity contribution is -0.141. The van der Waals surface area contributed by atoms with Crippen LogP contribution >= 0.6 is 15.9 Å². The van der Waals surface area contributed by atoms with Crippen LogP contribution in [-0.4, -0.2) is 35.1 Å². The smallest absolute Gasteiger partial charge is 0.326 e. The second-order valence-electron chi connectivity index (χ2n) is 8.15. The minimum absolute atomic E-state index is 0.0810. The number of halogens is 2. The van der Waals surface area contributed by atoms with E-state index in [2.05, 4.69) is 26.2 Å². The molecule has 6 nitrogen and oxygen atoms in total. The summed E-state index contributed by atoms with van der Waals surface area (Å²) in [5.41, 5.74) is 3.98. The Morgan fingerprint density at radius 3 is 2.54 bits per heavy atom. The van der Waals surface area contributed by atoms with Crippen molar-refractivity contribution in [3.63, 3.8) is 0 Å². The SMILES string of the molecule is COc1ccc(-c2[nH]c3ccccc3c2CCC(=O)N[C@H](Cc2ccc(Br)cc2F)C(=O)O)cc1. The number of ether oxygens (including phenoxy) is 1. The van der Waals surface area contributed by atoms with Crippen molar-refractivity contribution < 1.29 is 23.8 Å². The summed E-state index contributed by atoms with van der Waals surface area (Å²) in [6.07, 6.45) is 0.332. The highest BCUT2D eigenvalue weighted by Gasteiger charge is 2.23. The Morgan fingerprint density at radius 2 is 1.86 bits per heavy atom. The molecule has 0 bridgehead atoms. The van der Waals surface area contributed by atoms with Gasteiger partial charge in [-0.05, 0) is 65.6 Å². The lowest BCUT2D eigenvalue weighted by atomic mass is 10.0. The number of aromatic nitrogens is 1. The Bertz CT molecular complexity index is 1370. The minimum Gasteiger partial charge on any atom is -0.497 e. The van der Waals surface area contributed by atoms with Gasteiger partial charge in [0.2, 0.25) is 5.91 Å². The summed E-state index contributed by atoms with van der Waals surface area (Å²) >= 11 is 3.18. The van der Waals surface area contributed by atoms with E-state index in [0.29, 0.717) is 10.9 Å². The zero-order valence-electron chi connectivity index (χ0n) is 19.0. The number of H-pyrrole nitrogens is 1. The predicted molar refractivity (Wildman–Crippen MR) is 136 cm³/mol. The molecule has 1 amide bonds. The summed E-state index contributed by atoms with van der Waals surface area (Å²) in [7, 11) is 1.61. The number of hydrogen-bond donors (Lipinski definition) is 3. The van der Waals surface area contributed by atoms with Gasteiger partial charge >= 0.3 is 5.97 Å². The molecule has 0 aliphatic heterocycles. The third-order valence-corrected chi connectivity index (χ3v) is 6.36. The van der Waals surface area contributed by atoms with Gasteiger partial charge in [-0.15, -0.1) is 0 Å². The molecule has 3 aromatic carbocycles. The third kappa shape index (κ3) is 5.71. The molecule has 0 aliphatic carbocycles. The highest BCUT2D eigenvalue weighted by molar-refractivity contribution is 9.10. The fourth-order valence-electron chi connectivity index (χ4n) is 4.08. The van der Waals surface area contributed by atoms with E-state index in [-0.39, 0.29) is 18.4 Å². The second kappa shape index (κ2) is 10.7. The van der Waals surface area contributed by atoms with Crippen LogP contribution in [0.2, 0.25) is 0 Å². The Labute approximate surface area is 210 Å². The number of para-hydroxylation sites is 1. The average Bonchev–Trinajstić information content (AvgIpc) is 3.22. The molecule has 1 aromatic heterocycles. The Morgan fingerprint density at radius 1 is 1.11 bits per heavy atom. The lowest BCUT2D eigenvalue weighted by Gasteiger charge is -2.15. The zero-order valence-corrected chi connectivity index (χ0v) is 20.6. The molecule has 0 saturated heterocycles. The van der Waals surface area contributed by atoms with Gasteiger partial charge in [0, 0.05) is 33.9 Å². The number of carboxylic acid groups (broad SMARTS) is 1. The van der Waals surface area contributed by atoms with Crippen LogP contribution in [0.5, 0.6) is 5.75 Å². The van der Waals surface area contributed by atoms with Crippen molar-refractivity contribution in [3.05, 3.63) is 88.1 Å². The number of aryl methyl sites for hydroxylation is 1. The van der Waals surface area contributed by atoms with E-state index in [1.807, 2.05) is 48.5 Å². The number of carbonyl (C=O) groups excluding carboxylic acids is 1. The molecule has 0 unspecified atom stereocenters. The quantitative estimate of drug-likeness (QED) is 0.262. The van der Waals surface area contributed by atoms with Gasteiger partial charge < -0.3 is 20.1 Å². The molecular formula is C27H24BrFN2O4. The van der Waals surface area contributed by atoms with E-state index < -0.39 is 23.7 Å². The molecule has 8 heteroatoms. The van der Waals surface area contributed by atoms with E-state index >= 15 is 0 Å². The van der Waals surface area contributed by atoms with Gasteiger partial charge in [-0.25, -0.2) is 9.18 Å². The summed E-state index contributed by atoms with van der Waals surface area (Å²) in [4.78, 5) is 27.9. The van der Waals surface area contributed by atoms with Gasteiger partial charge in [0.15, 0.2) is 0 Å². The second-order valence-corrected chi connectivity index (χ2v) is 9.07. The van der Waals surface area contributed by atoms with Crippen LogP contribution < -0.4 is 10.1 Å². The Kier molecular flexibility index (Phi) is 7.51. The summed E-state index contributed by atoms with van der Waals surface area (Å²) < 4.78 is 20.0. The molecular weight excluding hydrogens is 515 g/mol. The first-order valence-electron chi connectivity index (χ1n) is 11.1. The number of amides is 1. The Balaban J connectivity index is 1.52. The first kappa shape index (κ1) is 24.5. The van der Waals surface area contributed by atoms with Crippen molar-refractivity contribution in [1.82, 2.24) is 10.3 Å². The number of methoxy groups -OCH3 is 1. The summed E-state index contributed by atoms with van der Waals surface area (Å²) in [5, 5.41) is 13.1. The van der Waals surface area contributed by atoms with E-state index in [9.17, 15) is 19.1 Å². The van der Waals surface area contributed by atoms with Gasteiger partial charge in [-0.3, -0.25) is 4.79 Å². The molecule has 35 heavy (non-hydrogen) atoms. The highest BCUT2D eigenvalue weighted by Crippen LogP contribution is 2.32. The molecule has 1 heterocycles. The van der Waals surface area contributed by atoms with Gasteiger partial charge in [0.1, 0.15) is 17.6 Å². The number of benzene rings is 3. The lowest BCUT2D eigenvalue weighted by Crippen LogP contribution is -2.42. The van der Waals surface area contributed by atoms with Crippen LogP contribution in [0, 0.1) is 5.82 Å². The average molecular weight is 539 g/mol. The number of carbonyl (C=O) groups is 2. The highest BCUT2D eigenvalue weighted by atomic mass is 79.9. The summed E-state index contributed by atoms with van der Waals surface area (Å²) in [6.45, 7) is 0. The van der Waals surface area contributed by atoms with Crippen LogP contribution in [0.3, 0.4) is 0 Å². The maximum Gasteiger partial charge on any atom is 0.326 e. The number of carboxylic acids is 1. The van der Waals surface area contributed by atoms with Crippen LogP contribution in [-0.2, 0) is 22.4 Å². The van der Waals surface area contributed by atoms with E-state index in [0.717, 1.165) is 33.5 Å². The molecule has 1 atom stereocenters. The predicted octanol–water partition coefficient (Wildman–Crippen LogP) is 5.49. The first-order chi connectivity index (χ1) is 16.9. The van der Waals surface area contributed by atoms with Gasteiger partial charge in [-0.1, -0.05) is 40.2 Å². The Hall–Kier alpha value is -3.65. The number of rotatable bonds is 9. The van der Waals surface area contributed by atoms with Crippen molar-refractivity contribution in [2.24, 2.45) is 0 Å². The molecule has 3 N–H and O–H groups in total. The number of hydrogen-bond acceptors (Lipinski definition) is 3. The van der Waals surface area contributed by atoms with Crippen molar-refractivity contribution in [2.75, 3.05) is 7.11 Å². The van der Waals surface area contributed by atoms with Crippen molar-refractivity contribution >= 4 is 38.7 Å². The summed E-state index contributed by atoms with van der Waals surface area (Å²) in [5.74, 6) is -1.41. The first-order valence-corrected chi connectivity index (χ1v) is 11.8. The van der Waals surface area contributed by atoms with Crippen LogP contribution in [0.4, 0.5) is 4.39 Å². The van der Waals surface area contributed by atoms with Crippen molar-refractivity contribution in [1.29, 1.82) is 0 Å². The van der Waals surface area contributed by atoms with E-state index in [4.69, 9.17) is 4.74 Å². The number of fused-ring (bicyclic) bond motifs is 1. The molecule has 0 fully saturated rings. The van der Waals surface area contributed by atoms with Gasteiger partial charge in [0.25, 0.3) is 0 Å². The normalized spacial score (nSPS) is 11.9. The van der Waals surface area contributed by atoms with Crippen LogP contribution in [0.15, 0.2) is 71.2 Å². The maximum absolute atomic E-state index is 14.2. The van der Waals surface area contributed by atoms with Crippen LogP contribution in [0.25, 0.3) is 22.2 Å². The van der Waals surface area contributed by atoms with Gasteiger partial charge in [-0.2, -0.15) is 0 Å². The van der Waals surface area contributed by atoms with Crippen molar-refractivity contribution in [3.8, 4) is 17.0 Å². The number of aliphatic carboxylic acids is 1. The fourth-order valence-corrected chi connectivity index (χ4v) is 4.41. The topological polar surface area (TPSA) is 91.4 Å². The van der Waals surface area contributed by atoms with E-state index in [1.54, 1.807) is 13.2 Å². The monoisotopic (exact) mass is 538 g/mol. The molecule has 0 radical (unpaired) electrons. The largest absolute Gasteiger partial charge is 0.497 e. The molecule has 0 saturated carbocycles. The third-order valence-electron chi connectivity index (χ3n) is 5.87. The van der Waals surface area contributed by atoms with Gasteiger partial charge in [0.05, 0.1) is 7.11 Å². The molecule has 0 spiro atoms. The standard InChI is InChI=1S/C27H24BrFN2O4/c1-35-19-10-7-16(8-11-19)26-21(20-4-2-3-5-23(20)31-26)12-13-25(32)30-24(27(33)34)14-17-6-9-18(28)15-22(17)29/h2-11,15,24,31H,12-14H2,1H3,(H,30,32)(H,33,34)/t24-/m1/s1. The number of nitrogens with one attached hydrogen (secondary N) is 2. The molecule has 180 valence electrons. The molecule has 4 rings (SSSR count).